The van der Waals surface area contributed by atoms with Gasteiger partial charge in [-0.2, -0.15) is 0 Å². The highest BCUT2D eigenvalue weighted by Crippen LogP contribution is 2.22. The minimum Gasteiger partial charge on any atom is -0.382 e. The molecule has 1 aromatic carbocycles. The van der Waals surface area contributed by atoms with Gasteiger partial charge in [0.2, 0.25) is 0 Å². The zero-order valence-electron chi connectivity index (χ0n) is 11.2. The first-order valence-corrected chi connectivity index (χ1v) is 6.48. The van der Waals surface area contributed by atoms with Gasteiger partial charge in [0, 0.05) is 12.1 Å². The van der Waals surface area contributed by atoms with Gasteiger partial charge >= 0.3 is 0 Å². The maximum Gasteiger partial charge on any atom is 0.274 e. The fourth-order valence-corrected chi connectivity index (χ4v) is 2.00. The number of hydrogen-bond donors (Lipinski definition) is 1. The Morgan fingerprint density at radius 3 is 2.65 bits per heavy atom. The molecule has 5 nitrogen and oxygen atoms in total. The molecule has 0 aliphatic heterocycles. The van der Waals surface area contributed by atoms with Crippen LogP contribution in [0, 0.1) is 0 Å². The van der Waals surface area contributed by atoms with Crippen LogP contribution >= 0.6 is 11.6 Å². The third kappa shape index (κ3) is 3.05. The second kappa shape index (κ2) is 5.88. The molecule has 2 aromatic rings. The van der Waals surface area contributed by atoms with E-state index in [4.69, 9.17) is 17.3 Å². The van der Waals surface area contributed by atoms with Crippen LogP contribution in [0.3, 0.4) is 0 Å². The van der Waals surface area contributed by atoms with Crippen molar-refractivity contribution >= 4 is 23.3 Å². The van der Waals surface area contributed by atoms with E-state index in [0.29, 0.717) is 5.02 Å². The van der Waals surface area contributed by atoms with Gasteiger partial charge in [0.1, 0.15) is 5.82 Å². The van der Waals surface area contributed by atoms with Crippen molar-refractivity contribution in [1.29, 1.82) is 0 Å². The number of amides is 1. The molecular formula is C14H15ClN4O. The van der Waals surface area contributed by atoms with E-state index in [9.17, 15) is 4.79 Å². The summed E-state index contributed by atoms with van der Waals surface area (Å²) in [5, 5.41) is 8.13. The highest BCUT2D eigenvalue weighted by Gasteiger charge is 2.20. The van der Waals surface area contributed by atoms with Crippen LogP contribution in [-0.4, -0.2) is 28.1 Å². The SMILES string of the molecule is CC(c1cccc(Cl)c1)N(C)C(=O)c1ccc(N)nn1. The number of nitrogens with zero attached hydrogens (tertiary/aromatic N) is 3. The van der Waals surface area contributed by atoms with E-state index in [1.807, 2.05) is 25.1 Å². The predicted molar refractivity (Wildman–Crippen MR) is 78.4 cm³/mol. The number of carbonyl (C=O) groups excluding carboxylic acids is 1. The van der Waals surface area contributed by atoms with Crippen LogP contribution in [0.4, 0.5) is 5.82 Å². The molecular weight excluding hydrogens is 276 g/mol. The van der Waals surface area contributed by atoms with Crippen LogP contribution in [0.15, 0.2) is 36.4 Å². The van der Waals surface area contributed by atoms with E-state index >= 15 is 0 Å². The van der Waals surface area contributed by atoms with Crippen LogP contribution in [0.1, 0.15) is 29.0 Å². The highest BCUT2D eigenvalue weighted by atomic mass is 35.5. The molecule has 1 heterocycles. The molecule has 0 spiro atoms. The van der Waals surface area contributed by atoms with Gasteiger partial charge in [0.25, 0.3) is 5.91 Å². The van der Waals surface area contributed by atoms with E-state index in [1.165, 1.54) is 0 Å². The van der Waals surface area contributed by atoms with E-state index in [0.717, 1.165) is 5.56 Å². The number of halogens is 1. The quantitative estimate of drug-likeness (QED) is 0.943. The molecule has 0 aliphatic rings. The molecule has 1 atom stereocenters. The fourth-order valence-electron chi connectivity index (χ4n) is 1.80. The molecule has 0 saturated carbocycles. The monoisotopic (exact) mass is 290 g/mol. The maximum absolute atomic E-state index is 12.3. The molecule has 6 heteroatoms. The molecule has 0 bridgehead atoms. The van der Waals surface area contributed by atoms with Gasteiger partial charge in [-0.05, 0) is 36.8 Å². The molecule has 1 unspecified atom stereocenters. The minimum absolute atomic E-state index is 0.124. The average Bonchev–Trinajstić information content (AvgIpc) is 2.46. The smallest absolute Gasteiger partial charge is 0.274 e. The lowest BCUT2D eigenvalue weighted by atomic mass is 10.1. The van der Waals surface area contributed by atoms with E-state index in [2.05, 4.69) is 10.2 Å². The summed E-state index contributed by atoms with van der Waals surface area (Å²) in [7, 11) is 1.71. The number of nitrogen functional groups attached to an aromatic ring is 1. The zero-order chi connectivity index (χ0) is 14.7. The van der Waals surface area contributed by atoms with Crippen molar-refractivity contribution in [3.05, 3.63) is 52.7 Å². The van der Waals surface area contributed by atoms with Gasteiger partial charge in [-0.15, -0.1) is 10.2 Å². The van der Waals surface area contributed by atoms with Crippen molar-refractivity contribution in [3.63, 3.8) is 0 Å². The summed E-state index contributed by atoms with van der Waals surface area (Å²) >= 11 is 5.97. The van der Waals surface area contributed by atoms with Crippen LogP contribution in [0.5, 0.6) is 0 Å². The summed E-state index contributed by atoms with van der Waals surface area (Å²) in [6.07, 6.45) is 0. The van der Waals surface area contributed by atoms with Crippen molar-refractivity contribution in [2.24, 2.45) is 0 Å². The van der Waals surface area contributed by atoms with Gasteiger partial charge in [-0.1, -0.05) is 23.7 Å². The number of carbonyl (C=O) groups is 1. The Hall–Kier alpha value is -2.14. The molecule has 1 aromatic heterocycles. The summed E-state index contributed by atoms with van der Waals surface area (Å²) in [6.45, 7) is 1.92. The Balaban J connectivity index is 2.20. The molecule has 20 heavy (non-hydrogen) atoms. The Bertz CT molecular complexity index is 615. The zero-order valence-corrected chi connectivity index (χ0v) is 12.0. The Morgan fingerprint density at radius 1 is 1.30 bits per heavy atom. The average molecular weight is 291 g/mol. The normalized spacial score (nSPS) is 11.9. The van der Waals surface area contributed by atoms with Crippen molar-refractivity contribution in [3.8, 4) is 0 Å². The summed E-state index contributed by atoms with van der Waals surface area (Å²) in [5.41, 5.74) is 6.67. The predicted octanol–water partition coefficient (Wildman–Crippen LogP) is 2.55. The minimum atomic E-state index is -0.218. The first-order chi connectivity index (χ1) is 9.49. The molecule has 104 valence electrons. The van der Waals surface area contributed by atoms with Crippen LogP contribution < -0.4 is 5.73 Å². The fraction of sp³-hybridized carbons (Fsp3) is 0.214. The van der Waals surface area contributed by atoms with Gasteiger partial charge < -0.3 is 10.6 Å². The van der Waals surface area contributed by atoms with E-state index in [1.54, 1.807) is 30.1 Å². The van der Waals surface area contributed by atoms with Gasteiger partial charge in [0.05, 0.1) is 6.04 Å². The van der Waals surface area contributed by atoms with Crippen molar-refractivity contribution < 1.29 is 4.79 Å². The van der Waals surface area contributed by atoms with Crippen molar-refractivity contribution in [2.45, 2.75) is 13.0 Å². The lowest BCUT2D eigenvalue weighted by Crippen LogP contribution is -2.30. The summed E-state index contributed by atoms with van der Waals surface area (Å²) < 4.78 is 0. The van der Waals surface area contributed by atoms with Crippen LogP contribution in [-0.2, 0) is 0 Å². The number of benzene rings is 1. The molecule has 2 rings (SSSR count). The third-order valence-corrected chi connectivity index (χ3v) is 3.37. The number of rotatable bonds is 3. The lowest BCUT2D eigenvalue weighted by Gasteiger charge is -2.25. The second-order valence-corrected chi connectivity index (χ2v) is 4.93. The number of anilines is 1. The second-order valence-electron chi connectivity index (χ2n) is 4.49. The maximum atomic E-state index is 12.3. The van der Waals surface area contributed by atoms with Crippen molar-refractivity contribution in [2.75, 3.05) is 12.8 Å². The van der Waals surface area contributed by atoms with Crippen molar-refractivity contribution in [1.82, 2.24) is 15.1 Å². The molecule has 1 amide bonds. The molecule has 0 radical (unpaired) electrons. The topological polar surface area (TPSA) is 72.1 Å². The summed E-state index contributed by atoms with van der Waals surface area (Å²) in [5.74, 6) is 0.0667. The van der Waals surface area contributed by atoms with Crippen LogP contribution in [0.2, 0.25) is 5.02 Å². The Morgan fingerprint density at radius 2 is 2.05 bits per heavy atom. The van der Waals surface area contributed by atoms with E-state index in [-0.39, 0.29) is 23.5 Å². The number of nitrogens with two attached hydrogens (primary N) is 1. The number of aromatic nitrogens is 2. The van der Waals surface area contributed by atoms with Gasteiger partial charge in [-0.3, -0.25) is 4.79 Å². The largest absolute Gasteiger partial charge is 0.382 e. The first kappa shape index (κ1) is 14.3. The molecule has 2 N–H and O–H groups in total. The standard InChI is InChI=1S/C14H15ClN4O/c1-9(10-4-3-5-11(15)8-10)19(2)14(20)12-6-7-13(16)18-17-12/h3-9H,1-2H3,(H2,16,18). The molecule has 0 fully saturated rings. The highest BCUT2D eigenvalue weighted by molar-refractivity contribution is 6.30. The Labute approximate surface area is 122 Å². The molecule has 0 aliphatic carbocycles. The summed E-state index contributed by atoms with van der Waals surface area (Å²) in [6, 6.07) is 10.4. The van der Waals surface area contributed by atoms with Gasteiger partial charge in [0.15, 0.2) is 5.69 Å². The lowest BCUT2D eigenvalue weighted by molar-refractivity contribution is 0.0735. The number of hydrogen-bond acceptors (Lipinski definition) is 4. The summed E-state index contributed by atoms with van der Waals surface area (Å²) in [4.78, 5) is 13.9. The van der Waals surface area contributed by atoms with E-state index < -0.39 is 0 Å². The Kier molecular flexibility index (Phi) is 4.20. The molecule has 0 saturated heterocycles. The van der Waals surface area contributed by atoms with Gasteiger partial charge in [-0.25, -0.2) is 0 Å². The van der Waals surface area contributed by atoms with Crippen LogP contribution in [0.25, 0.3) is 0 Å². The first-order valence-electron chi connectivity index (χ1n) is 6.11. The third-order valence-electron chi connectivity index (χ3n) is 3.14.